The number of fused-ring (bicyclic) bond motifs is 6. The molecule has 0 amide bonds. The predicted molar refractivity (Wildman–Crippen MR) is 293 cm³/mol. The number of hydrogen-bond acceptors (Lipinski definition) is 2. The van der Waals surface area contributed by atoms with Crippen molar-refractivity contribution in [1.29, 1.82) is 0 Å². The highest BCUT2D eigenvalue weighted by Gasteiger charge is 2.23. The molecule has 0 radical (unpaired) electrons. The minimum absolute atomic E-state index is 1.10. The van der Waals surface area contributed by atoms with Gasteiger partial charge < -0.3 is 9.80 Å². The van der Waals surface area contributed by atoms with E-state index in [0.717, 1.165) is 34.1 Å². The van der Waals surface area contributed by atoms with Gasteiger partial charge in [0.1, 0.15) is 0 Å². The van der Waals surface area contributed by atoms with Gasteiger partial charge in [-0.25, -0.2) is 0 Å². The van der Waals surface area contributed by atoms with Gasteiger partial charge >= 0.3 is 0 Å². The van der Waals surface area contributed by atoms with Crippen LogP contribution in [0.15, 0.2) is 231 Å². The van der Waals surface area contributed by atoms with E-state index < -0.39 is 0 Å². The van der Waals surface area contributed by atoms with Crippen molar-refractivity contribution < 1.29 is 0 Å². The van der Waals surface area contributed by atoms with Crippen molar-refractivity contribution in [1.82, 2.24) is 0 Å². The monoisotopic (exact) mass is 870 g/mol. The maximum atomic E-state index is 2.45. The summed E-state index contributed by atoms with van der Waals surface area (Å²) in [7, 11) is 0. The zero-order valence-electron chi connectivity index (χ0n) is 38.8. The molecule has 2 nitrogen and oxygen atoms in total. The van der Waals surface area contributed by atoms with Crippen molar-refractivity contribution in [2.24, 2.45) is 0 Å². The molecule has 0 aliphatic heterocycles. The van der Waals surface area contributed by atoms with Crippen LogP contribution in [0.25, 0.3) is 76.1 Å². The number of benzene rings is 12. The molecule has 0 spiro atoms. The second-order valence-corrected chi connectivity index (χ2v) is 18.5. The smallest absolute Gasteiger partial charge is 0.0468 e. The van der Waals surface area contributed by atoms with Gasteiger partial charge in [0.15, 0.2) is 0 Å². The molecule has 2 heteroatoms. The van der Waals surface area contributed by atoms with Crippen LogP contribution < -0.4 is 9.80 Å². The molecule has 68 heavy (non-hydrogen) atoms. The maximum Gasteiger partial charge on any atom is 0.0468 e. The van der Waals surface area contributed by atoms with Crippen molar-refractivity contribution in [2.75, 3.05) is 9.80 Å². The SMILES string of the molecule is Cc1ccc(N(c2ccc(C)cc2)c2ccc3c(-c4cccc5ccccc45)c4cc(N(c5ccc(C)cc5)c5ccc(C)cc5)ccc4c(-c4ccc5ccc6ccccc6c5c4)c3c2)cc1. The highest BCUT2D eigenvalue weighted by Crippen LogP contribution is 2.50. The Hall–Kier alpha value is -8.46. The van der Waals surface area contributed by atoms with Gasteiger partial charge in [0, 0.05) is 34.1 Å². The Kier molecular flexibility index (Phi) is 10.1. The summed E-state index contributed by atoms with van der Waals surface area (Å²) in [5, 5.41) is 12.2. The molecular formula is C66H50N2. The van der Waals surface area contributed by atoms with Crippen LogP contribution in [-0.4, -0.2) is 0 Å². The highest BCUT2D eigenvalue weighted by molar-refractivity contribution is 6.25. The van der Waals surface area contributed by atoms with E-state index in [4.69, 9.17) is 0 Å². The average Bonchev–Trinajstić information content (AvgIpc) is 3.37. The first-order valence-electron chi connectivity index (χ1n) is 23.7. The van der Waals surface area contributed by atoms with Crippen molar-refractivity contribution in [3.63, 3.8) is 0 Å². The van der Waals surface area contributed by atoms with Gasteiger partial charge in [-0.1, -0.05) is 174 Å². The molecule has 12 aromatic carbocycles. The molecular weight excluding hydrogens is 821 g/mol. The lowest BCUT2D eigenvalue weighted by atomic mass is 9.83. The number of aryl methyl sites for hydroxylation is 4. The molecule has 0 atom stereocenters. The molecule has 0 fully saturated rings. The standard InChI is InChI=1S/C66H50N2/c1-43-16-28-51(29-17-43)67(52-30-18-44(2)19-31-52)55-37-39-61-63(41-55)65(50-27-26-49-25-24-48-11-6-8-14-58(48)62(49)40-50)60-38-36-56(42-64(60)66(61)59-15-9-12-47-10-5-7-13-57(47)59)68(53-32-20-45(3)21-33-53)54-34-22-46(4)23-35-54/h5-42H,1-4H3. The Balaban J connectivity index is 1.22. The fourth-order valence-electron chi connectivity index (χ4n) is 10.4. The molecule has 0 N–H and O–H groups in total. The molecule has 12 aromatic rings. The van der Waals surface area contributed by atoms with Gasteiger partial charge in [0.25, 0.3) is 0 Å². The lowest BCUT2D eigenvalue weighted by Crippen LogP contribution is -2.10. The van der Waals surface area contributed by atoms with Gasteiger partial charge in [-0.2, -0.15) is 0 Å². The van der Waals surface area contributed by atoms with E-state index in [1.165, 1.54) is 98.4 Å². The third-order valence-electron chi connectivity index (χ3n) is 13.9. The summed E-state index contributed by atoms with van der Waals surface area (Å²) in [4.78, 5) is 4.81. The average molecular weight is 871 g/mol. The third kappa shape index (κ3) is 7.23. The molecule has 0 heterocycles. The molecule has 0 aliphatic carbocycles. The van der Waals surface area contributed by atoms with Crippen LogP contribution in [0.4, 0.5) is 34.1 Å². The van der Waals surface area contributed by atoms with E-state index in [1.54, 1.807) is 0 Å². The Morgan fingerprint density at radius 1 is 0.235 bits per heavy atom. The second kappa shape index (κ2) is 16.8. The van der Waals surface area contributed by atoms with Crippen molar-refractivity contribution >= 4 is 88.0 Å². The normalized spacial score (nSPS) is 11.5. The topological polar surface area (TPSA) is 6.48 Å². The van der Waals surface area contributed by atoms with E-state index >= 15 is 0 Å². The third-order valence-corrected chi connectivity index (χ3v) is 13.9. The zero-order chi connectivity index (χ0) is 45.9. The minimum Gasteiger partial charge on any atom is -0.310 e. The fraction of sp³-hybridized carbons (Fsp3) is 0.0606. The van der Waals surface area contributed by atoms with E-state index in [2.05, 4.69) is 268 Å². The molecule has 0 saturated carbocycles. The molecule has 0 saturated heterocycles. The molecule has 0 aliphatic rings. The van der Waals surface area contributed by atoms with Gasteiger partial charge in [0.2, 0.25) is 0 Å². The summed E-state index contributed by atoms with van der Waals surface area (Å²) in [5.74, 6) is 0. The van der Waals surface area contributed by atoms with E-state index in [1.807, 2.05) is 0 Å². The summed E-state index contributed by atoms with van der Waals surface area (Å²) in [5.41, 5.74) is 16.4. The van der Waals surface area contributed by atoms with Crippen LogP contribution in [0.1, 0.15) is 22.3 Å². The summed E-state index contributed by atoms with van der Waals surface area (Å²) >= 11 is 0. The largest absolute Gasteiger partial charge is 0.310 e. The Morgan fingerprint density at radius 3 is 1.13 bits per heavy atom. The quantitative estimate of drug-likeness (QED) is 0.111. The van der Waals surface area contributed by atoms with Crippen LogP contribution >= 0.6 is 0 Å². The van der Waals surface area contributed by atoms with Crippen LogP contribution in [0.3, 0.4) is 0 Å². The lowest BCUT2D eigenvalue weighted by Gasteiger charge is -2.28. The van der Waals surface area contributed by atoms with E-state index in [0.29, 0.717) is 0 Å². The summed E-state index contributed by atoms with van der Waals surface area (Å²) in [6.45, 7) is 8.62. The van der Waals surface area contributed by atoms with Crippen LogP contribution in [0, 0.1) is 27.7 Å². The fourth-order valence-corrected chi connectivity index (χ4v) is 10.4. The number of anilines is 6. The number of nitrogens with zero attached hydrogens (tertiary/aromatic N) is 2. The first-order valence-corrected chi connectivity index (χ1v) is 23.7. The van der Waals surface area contributed by atoms with Gasteiger partial charge in [0.05, 0.1) is 0 Å². The molecule has 0 bridgehead atoms. The lowest BCUT2D eigenvalue weighted by molar-refractivity contribution is 1.27. The summed E-state index contributed by atoms with van der Waals surface area (Å²) < 4.78 is 0. The molecule has 12 rings (SSSR count). The first kappa shape index (κ1) is 41.0. The summed E-state index contributed by atoms with van der Waals surface area (Å²) in [6, 6.07) is 85.9. The number of hydrogen-bond donors (Lipinski definition) is 0. The second-order valence-electron chi connectivity index (χ2n) is 18.5. The van der Waals surface area contributed by atoms with Crippen LogP contribution in [0.5, 0.6) is 0 Å². The van der Waals surface area contributed by atoms with Crippen molar-refractivity contribution in [3.8, 4) is 22.3 Å². The van der Waals surface area contributed by atoms with Crippen molar-refractivity contribution in [3.05, 3.63) is 253 Å². The predicted octanol–water partition coefficient (Wildman–Crippen LogP) is 19.0. The van der Waals surface area contributed by atoms with Gasteiger partial charge in [-0.15, -0.1) is 0 Å². The maximum absolute atomic E-state index is 2.45. The number of rotatable bonds is 8. The van der Waals surface area contributed by atoms with Crippen LogP contribution in [0.2, 0.25) is 0 Å². The Labute approximate surface area is 398 Å². The van der Waals surface area contributed by atoms with E-state index in [-0.39, 0.29) is 0 Å². The van der Waals surface area contributed by atoms with Crippen molar-refractivity contribution in [2.45, 2.75) is 27.7 Å². The molecule has 0 aromatic heterocycles. The van der Waals surface area contributed by atoms with E-state index in [9.17, 15) is 0 Å². The zero-order valence-corrected chi connectivity index (χ0v) is 38.8. The Bertz CT molecular complexity index is 3770. The minimum atomic E-state index is 1.10. The van der Waals surface area contributed by atoms with Gasteiger partial charge in [-0.05, 0) is 183 Å². The first-order chi connectivity index (χ1) is 33.3. The summed E-state index contributed by atoms with van der Waals surface area (Å²) in [6.07, 6.45) is 0. The Morgan fingerprint density at radius 2 is 0.618 bits per heavy atom. The molecule has 0 unspecified atom stereocenters. The molecule has 324 valence electrons. The highest BCUT2D eigenvalue weighted by atomic mass is 15.1. The van der Waals surface area contributed by atoms with Crippen LogP contribution in [-0.2, 0) is 0 Å². The van der Waals surface area contributed by atoms with Gasteiger partial charge in [-0.3, -0.25) is 0 Å².